The van der Waals surface area contributed by atoms with E-state index >= 15 is 0 Å². The zero-order valence-electron chi connectivity index (χ0n) is 9.36. The van der Waals surface area contributed by atoms with Crippen molar-refractivity contribution in [1.29, 1.82) is 0 Å². The van der Waals surface area contributed by atoms with Gasteiger partial charge in [-0.1, -0.05) is 0 Å². The molecule has 0 amide bonds. The first-order chi connectivity index (χ1) is 8.15. The van der Waals surface area contributed by atoms with E-state index in [1.807, 2.05) is 0 Å². The summed E-state index contributed by atoms with van der Waals surface area (Å²) in [7, 11) is 1.41. The molecule has 0 spiro atoms. The van der Waals surface area contributed by atoms with Crippen LogP contribution in [0.3, 0.4) is 0 Å². The second-order valence-electron chi connectivity index (χ2n) is 3.44. The van der Waals surface area contributed by atoms with Crippen molar-refractivity contribution in [3.8, 4) is 16.3 Å². The number of halogens is 1. The molecule has 0 radical (unpaired) electrons. The van der Waals surface area contributed by atoms with Gasteiger partial charge >= 0.3 is 0 Å². The zero-order valence-corrected chi connectivity index (χ0v) is 10.2. The van der Waals surface area contributed by atoms with Crippen molar-refractivity contribution in [3.63, 3.8) is 0 Å². The number of methoxy groups -OCH3 is 1. The molecular weight excluding hydrogens is 241 g/mol. The van der Waals surface area contributed by atoms with Crippen LogP contribution in [0.5, 0.6) is 5.75 Å². The lowest BCUT2D eigenvalue weighted by molar-refractivity contribution is 0.112. The molecule has 0 N–H and O–H groups in total. The molecule has 0 bridgehead atoms. The van der Waals surface area contributed by atoms with Crippen LogP contribution in [0, 0.1) is 12.7 Å². The summed E-state index contributed by atoms with van der Waals surface area (Å²) in [5.74, 6) is -0.247. The Morgan fingerprint density at radius 2 is 2.24 bits per heavy atom. The minimum Gasteiger partial charge on any atom is -0.494 e. The smallest absolute Gasteiger partial charge is 0.165 e. The lowest BCUT2D eigenvalue weighted by Gasteiger charge is -2.02. The highest BCUT2D eigenvalue weighted by atomic mass is 32.1. The van der Waals surface area contributed by atoms with Crippen molar-refractivity contribution in [2.75, 3.05) is 7.11 Å². The SMILES string of the molecule is COc1ccc(-c2nc(C)c(C=O)s2)cc1F. The Bertz CT molecular complexity index is 566. The molecule has 0 aliphatic heterocycles. The van der Waals surface area contributed by atoms with Crippen molar-refractivity contribution in [1.82, 2.24) is 4.98 Å². The summed E-state index contributed by atoms with van der Waals surface area (Å²) in [4.78, 5) is 15.5. The standard InChI is InChI=1S/C12H10FNO2S/c1-7-11(6-15)17-12(14-7)8-3-4-10(16-2)9(13)5-8/h3-6H,1-2H3. The molecule has 5 heteroatoms. The molecule has 0 unspecified atom stereocenters. The summed E-state index contributed by atoms with van der Waals surface area (Å²) in [6.45, 7) is 1.75. The van der Waals surface area contributed by atoms with E-state index in [0.717, 1.165) is 6.29 Å². The number of aromatic nitrogens is 1. The molecule has 0 saturated carbocycles. The summed E-state index contributed by atoms with van der Waals surface area (Å²) >= 11 is 1.25. The molecule has 88 valence electrons. The van der Waals surface area contributed by atoms with Crippen LogP contribution in [0.2, 0.25) is 0 Å². The van der Waals surface area contributed by atoms with Gasteiger partial charge in [-0.3, -0.25) is 4.79 Å². The number of hydrogen-bond donors (Lipinski definition) is 0. The third kappa shape index (κ3) is 2.19. The van der Waals surface area contributed by atoms with Crippen LogP contribution in [-0.2, 0) is 0 Å². The summed E-state index contributed by atoms with van der Waals surface area (Å²) in [6, 6.07) is 4.61. The highest BCUT2D eigenvalue weighted by molar-refractivity contribution is 7.16. The fraction of sp³-hybridized carbons (Fsp3) is 0.167. The van der Waals surface area contributed by atoms with Crippen molar-refractivity contribution in [2.24, 2.45) is 0 Å². The molecule has 3 nitrogen and oxygen atoms in total. The Kier molecular flexibility index (Phi) is 3.19. The highest BCUT2D eigenvalue weighted by Crippen LogP contribution is 2.29. The maximum atomic E-state index is 13.5. The third-order valence-electron chi connectivity index (χ3n) is 2.34. The van der Waals surface area contributed by atoms with Crippen molar-refractivity contribution in [2.45, 2.75) is 6.92 Å². The normalized spacial score (nSPS) is 10.3. The van der Waals surface area contributed by atoms with Crippen molar-refractivity contribution >= 4 is 17.6 Å². The molecule has 2 rings (SSSR count). The minimum absolute atomic E-state index is 0.192. The summed E-state index contributed by atoms with van der Waals surface area (Å²) < 4.78 is 18.3. The van der Waals surface area contributed by atoms with E-state index in [9.17, 15) is 9.18 Å². The predicted octanol–water partition coefficient (Wildman–Crippen LogP) is 3.08. The number of hydrogen-bond acceptors (Lipinski definition) is 4. The monoisotopic (exact) mass is 251 g/mol. The lowest BCUT2D eigenvalue weighted by Crippen LogP contribution is -1.88. The number of rotatable bonds is 3. The third-order valence-corrected chi connectivity index (χ3v) is 3.47. The average molecular weight is 251 g/mol. The maximum absolute atomic E-state index is 13.5. The number of carbonyl (C=O) groups is 1. The molecule has 0 atom stereocenters. The van der Waals surface area contributed by atoms with Gasteiger partial charge < -0.3 is 4.74 Å². The van der Waals surface area contributed by atoms with Gasteiger partial charge in [0.15, 0.2) is 17.9 Å². The molecular formula is C12H10FNO2S. The highest BCUT2D eigenvalue weighted by Gasteiger charge is 2.11. The predicted molar refractivity (Wildman–Crippen MR) is 64.2 cm³/mol. The van der Waals surface area contributed by atoms with E-state index < -0.39 is 5.82 Å². The largest absolute Gasteiger partial charge is 0.494 e. The first-order valence-electron chi connectivity index (χ1n) is 4.92. The van der Waals surface area contributed by atoms with Gasteiger partial charge in [0, 0.05) is 5.56 Å². The quantitative estimate of drug-likeness (QED) is 0.787. The Morgan fingerprint density at radius 1 is 1.47 bits per heavy atom. The summed E-state index contributed by atoms with van der Waals surface area (Å²) in [5, 5.41) is 0.631. The van der Waals surface area contributed by atoms with E-state index in [1.54, 1.807) is 19.1 Å². The molecule has 1 aromatic heterocycles. The number of aryl methyl sites for hydroxylation is 1. The number of aldehydes is 1. The van der Waals surface area contributed by atoms with Gasteiger partial charge in [-0.15, -0.1) is 11.3 Å². The van der Waals surface area contributed by atoms with Gasteiger partial charge in [0.05, 0.1) is 17.7 Å². The van der Waals surface area contributed by atoms with Crippen LogP contribution in [0.25, 0.3) is 10.6 Å². The fourth-order valence-electron chi connectivity index (χ4n) is 1.44. The molecule has 2 aromatic rings. The van der Waals surface area contributed by atoms with Gasteiger partial charge in [0.1, 0.15) is 5.01 Å². The Balaban J connectivity index is 2.45. The molecule has 1 aromatic carbocycles. The number of carbonyl (C=O) groups excluding carboxylic acids is 1. The van der Waals surface area contributed by atoms with E-state index in [-0.39, 0.29) is 5.75 Å². The van der Waals surface area contributed by atoms with Crippen LogP contribution >= 0.6 is 11.3 Å². The Labute approximate surface area is 102 Å². The molecule has 0 aliphatic rings. The number of nitrogens with zero attached hydrogens (tertiary/aromatic N) is 1. The fourth-order valence-corrected chi connectivity index (χ4v) is 2.32. The minimum atomic E-state index is -0.439. The van der Waals surface area contributed by atoms with Crippen LogP contribution in [-0.4, -0.2) is 18.4 Å². The summed E-state index contributed by atoms with van der Waals surface area (Å²) in [6.07, 6.45) is 0.760. The summed E-state index contributed by atoms with van der Waals surface area (Å²) in [5.41, 5.74) is 1.31. The number of benzene rings is 1. The Morgan fingerprint density at radius 3 is 2.76 bits per heavy atom. The van der Waals surface area contributed by atoms with Crippen LogP contribution < -0.4 is 4.74 Å². The molecule has 1 heterocycles. The van der Waals surface area contributed by atoms with Gasteiger partial charge in [-0.25, -0.2) is 9.37 Å². The van der Waals surface area contributed by atoms with Crippen LogP contribution in [0.1, 0.15) is 15.4 Å². The lowest BCUT2D eigenvalue weighted by atomic mass is 10.2. The first-order valence-corrected chi connectivity index (χ1v) is 5.74. The van der Waals surface area contributed by atoms with E-state index in [0.29, 0.717) is 21.1 Å². The molecule has 0 aliphatic carbocycles. The topological polar surface area (TPSA) is 39.2 Å². The average Bonchev–Trinajstić information content (AvgIpc) is 2.70. The number of ether oxygens (including phenoxy) is 1. The second-order valence-corrected chi connectivity index (χ2v) is 4.47. The van der Waals surface area contributed by atoms with Gasteiger partial charge in [0.2, 0.25) is 0 Å². The van der Waals surface area contributed by atoms with Gasteiger partial charge in [-0.05, 0) is 25.1 Å². The molecule has 0 saturated heterocycles. The van der Waals surface area contributed by atoms with Gasteiger partial charge in [-0.2, -0.15) is 0 Å². The van der Waals surface area contributed by atoms with Crippen molar-refractivity contribution in [3.05, 3.63) is 34.6 Å². The van der Waals surface area contributed by atoms with E-state index in [2.05, 4.69) is 4.98 Å². The maximum Gasteiger partial charge on any atom is 0.165 e. The Hall–Kier alpha value is -1.75. The number of thiazole rings is 1. The molecule has 0 fully saturated rings. The van der Waals surface area contributed by atoms with E-state index in [4.69, 9.17) is 4.74 Å². The van der Waals surface area contributed by atoms with Crippen LogP contribution in [0.4, 0.5) is 4.39 Å². The van der Waals surface area contributed by atoms with Crippen LogP contribution in [0.15, 0.2) is 18.2 Å². The van der Waals surface area contributed by atoms with Crippen molar-refractivity contribution < 1.29 is 13.9 Å². The second kappa shape index (κ2) is 4.63. The van der Waals surface area contributed by atoms with Gasteiger partial charge in [0.25, 0.3) is 0 Å². The zero-order chi connectivity index (χ0) is 12.4. The first kappa shape index (κ1) is 11.7. The molecule has 17 heavy (non-hydrogen) atoms. The van der Waals surface area contributed by atoms with E-state index in [1.165, 1.54) is 24.5 Å².